The van der Waals surface area contributed by atoms with Crippen LogP contribution in [0.5, 0.6) is 0 Å². The van der Waals surface area contributed by atoms with E-state index < -0.39 is 0 Å². The van der Waals surface area contributed by atoms with E-state index >= 15 is 0 Å². The Morgan fingerprint density at radius 3 is 2.79 bits per heavy atom. The number of carbonyl (C=O) groups excluding carboxylic acids is 1. The molecule has 2 rings (SSSR count). The fraction of sp³-hybridized carbons (Fsp3) is 0.611. The molecule has 1 fully saturated rings. The molecule has 0 aliphatic carbocycles. The molecule has 1 aliphatic heterocycles. The van der Waals surface area contributed by atoms with Gasteiger partial charge in [-0.1, -0.05) is 31.5 Å². The van der Waals surface area contributed by atoms with Crippen LogP contribution in [0.1, 0.15) is 32.8 Å². The first kappa shape index (κ1) is 19.2. The summed E-state index contributed by atoms with van der Waals surface area (Å²) in [4.78, 5) is 16.4. The summed E-state index contributed by atoms with van der Waals surface area (Å²) in [6.45, 7) is 7.88. The Labute approximate surface area is 148 Å². The van der Waals surface area contributed by atoms with Gasteiger partial charge in [0.25, 0.3) is 0 Å². The normalized spacial score (nSPS) is 22.2. The van der Waals surface area contributed by atoms with Crippen molar-refractivity contribution >= 4 is 17.5 Å². The molecule has 2 N–H and O–H groups in total. The van der Waals surface area contributed by atoms with Crippen LogP contribution in [0.4, 0.5) is 4.39 Å². The Kier molecular flexibility index (Phi) is 5.89. The third-order valence-corrected chi connectivity index (χ3v) is 5.43. The van der Waals surface area contributed by atoms with Crippen LogP contribution < -0.4 is 5.73 Å². The average Bonchev–Trinajstić information content (AvgIpc) is 2.52. The number of benzene rings is 1. The lowest BCUT2D eigenvalue weighted by molar-refractivity contribution is -0.137. The van der Waals surface area contributed by atoms with E-state index in [9.17, 15) is 9.18 Å². The monoisotopic (exact) mass is 355 g/mol. The number of likely N-dealkylation sites (N-methyl/N-ethyl adjacent to an activating group) is 1. The van der Waals surface area contributed by atoms with E-state index in [1.165, 1.54) is 11.0 Å². The van der Waals surface area contributed by atoms with Gasteiger partial charge in [0, 0.05) is 43.3 Å². The number of amides is 1. The van der Waals surface area contributed by atoms with Gasteiger partial charge in [0.05, 0.1) is 6.04 Å². The Hall–Kier alpha value is -1.17. The quantitative estimate of drug-likeness (QED) is 0.903. The molecule has 1 aromatic rings. The lowest BCUT2D eigenvalue weighted by atomic mass is 9.79. The molecule has 6 heteroatoms. The van der Waals surface area contributed by atoms with Gasteiger partial charge in [0.1, 0.15) is 5.82 Å². The largest absolute Gasteiger partial charge is 0.340 e. The standard InChI is InChI=1S/C18H27ClFN3O/c1-12(23-9-8-16(21)18(2,3)11-23)17(24)22(4)10-13-14(19)6-5-7-15(13)20/h5-7,12,16H,8-11,21H2,1-4H3. The fourth-order valence-electron chi connectivity index (χ4n) is 3.22. The summed E-state index contributed by atoms with van der Waals surface area (Å²) in [5, 5.41) is 0.340. The second-order valence-electron chi connectivity index (χ2n) is 7.42. The molecule has 2 atom stereocenters. The lowest BCUT2D eigenvalue weighted by Gasteiger charge is -2.45. The van der Waals surface area contributed by atoms with Gasteiger partial charge in [0.15, 0.2) is 0 Å². The number of carbonyl (C=O) groups is 1. The fourth-order valence-corrected chi connectivity index (χ4v) is 3.44. The van der Waals surface area contributed by atoms with Crippen molar-refractivity contribution in [1.82, 2.24) is 9.80 Å². The average molecular weight is 356 g/mol. The zero-order chi connectivity index (χ0) is 18.1. The number of rotatable bonds is 4. The molecule has 0 radical (unpaired) electrons. The second-order valence-corrected chi connectivity index (χ2v) is 7.83. The van der Waals surface area contributed by atoms with Crippen LogP contribution in [-0.4, -0.2) is 47.9 Å². The number of nitrogens with two attached hydrogens (primary N) is 1. The molecular weight excluding hydrogens is 329 g/mol. The molecule has 0 aromatic heterocycles. The van der Waals surface area contributed by atoms with Gasteiger partial charge in [-0.15, -0.1) is 0 Å². The Morgan fingerprint density at radius 1 is 1.54 bits per heavy atom. The molecule has 134 valence electrons. The van der Waals surface area contributed by atoms with Gasteiger partial charge in [0.2, 0.25) is 5.91 Å². The molecule has 0 bridgehead atoms. The molecule has 1 aliphatic rings. The molecule has 24 heavy (non-hydrogen) atoms. The zero-order valence-corrected chi connectivity index (χ0v) is 15.6. The van der Waals surface area contributed by atoms with Crippen LogP contribution in [0.25, 0.3) is 0 Å². The van der Waals surface area contributed by atoms with Gasteiger partial charge in [-0.25, -0.2) is 4.39 Å². The van der Waals surface area contributed by atoms with E-state index in [4.69, 9.17) is 17.3 Å². The summed E-state index contributed by atoms with van der Waals surface area (Å²) in [7, 11) is 1.68. The van der Waals surface area contributed by atoms with Crippen molar-refractivity contribution in [2.75, 3.05) is 20.1 Å². The maximum Gasteiger partial charge on any atom is 0.239 e. The first-order valence-electron chi connectivity index (χ1n) is 8.31. The molecule has 0 saturated carbocycles. The minimum absolute atomic E-state index is 0.0276. The molecule has 1 amide bonds. The predicted molar refractivity (Wildman–Crippen MR) is 95.3 cm³/mol. The highest BCUT2D eigenvalue weighted by molar-refractivity contribution is 6.31. The Bertz CT molecular complexity index is 588. The van der Waals surface area contributed by atoms with Gasteiger partial charge in [-0.2, -0.15) is 0 Å². The van der Waals surface area contributed by atoms with Crippen molar-refractivity contribution in [3.63, 3.8) is 0 Å². The number of piperidine rings is 1. The van der Waals surface area contributed by atoms with E-state index in [-0.39, 0.29) is 35.8 Å². The van der Waals surface area contributed by atoms with Gasteiger partial charge in [-0.05, 0) is 30.9 Å². The zero-order valence-electron chi connectivity index (χ0n) is 14.9. The summed E-state index contributed by atoms with van der Waals surface area (Å²) in [5.74, 6) is -0.430. The molecule has 4 nitrogen and oxygen atoms in total. The third kappa shape index (κ3) is 4.08. The summed E-state index contributed by atoms with van der Waals surface area (Å²) >= 11 is 6.06. The van der Waals surface area contributed by atoms with Crippen LogP contribution in [0.15, 0.2) is 18.2 Å². The number of halogens is 2. The number of hydrogen-bond acceptors (Lipinski definition) is 3. The highest BCUT2D eigenvalue weighted by atomic mass is 35.5. The maximum atomic E-state index is 13.9. The van der Waals surface area contributed by atoms with Crippen molar-refractivity contribution in [3.8, 4) is 0 Å². The number of likely N-dealkylation sites (tertiary alicyclic amines) is 1. The number of hydrogen-bond donors (Lipinski definition) is 1. The van der Waals surface area contributed by atoms with Crippen molar-refractivity contribution in [1.29, 1.82) is 0 Å². The van der Waals surface area contributed by atoms with E-state index in [0.717, 1.165) is 19.5 Å². The van der Waals surface area contributed by atoms with E-state index in [1.807, 2.05) is 6.92 Å². The Balaban J connectivity index is 2.05. The molecule has 0 spiro atoms. The maximum absolute atomic E-state index is 13.9. The van der Waals surface area contributed by atoms with E-state index in [2.05, 4.69) is 18.7 Å². The predicted octanol–water partition coefficient (Wildman–Crippen LogP) is 2.89. The smallest absolute Gasteiger partial charge is 0.239 e. The summed E-state index contributed by atoms with van der Waals surface area (Å²) in [6.07, 6.45) is 0.869. The third-order valence-electron chi connectivity index (χ3n) is 5.08. The molecule has 1 saturated heterocycles. The highest BCUT2D eigenvalue weighted by Gasteiger charge is 2.37. The molecular formula is C18H27ClFN3O. The van der Waals surface area contributed by atoms with Crippen LogP contribution in [0.3, 0.4) is 0 Å². The van der Waals surface area contributed by atoms with Crippen LogP contribution in [0, 0.1) is 11.2 Å². The highest BCUT2D eigenvalue weighted by Crippen LogP contribution is 2.29. The summed E-state index contributed by atoms with van der Waals surface area (Å²) < 4.78 is 13.9. The summed E-state index contributed by atoms with van der Waals surface area (Å²) in [5.41, 5.74) is 6.49. The summed E-state index contributed by atoms with van der Waals surface area (Å²) in [6, 6.07) is 4.43. The first-order valence-corrected chi connectivity index (χ1v) is 8.69. The van der Waals surface area contributed by atoms with Crippen LogP contribution >= 0.6 is 11.6 Å². The van der Waals surface area contributed by atoms with Gasteiger partial charge in [-0.3, -0.25) is 9.69 Å². The van der Waals surface area contributed by atoms with Gasteiger partial charge < -0.3 is 10.6 Å². The minimum atomic E-state index is -0.389. The van der Waals surface area contributed by atoms with Crippen molar-refractivity contribution < 1.29 is 9.18 Å². The Morgan fingerprint density at radius 2 is 2.21 bits per heavy atom. The minimum Gasteiger partial charge on any atom is -0.340 e. The van der Waals surface area contributed by atoms with Crippen molar-refractivity contribution in [3.05, 3.63) is 34.6 Å². The molecule has 1 heterocycles. The van der Waals surface area contributed by atoms with Gasteiger partial charge >= 0.3 is 0 Å². The topological polar surface area (TPSA) is 49.6 Å². The SMILES string of the molecule is CC(C(=O)N(C)Cc1c(F)cccc1Cl)N1CCC(N)C(C)(C)C1. The van der Waals surface area contributed by atoms with E-state index in [0.29, 0.717) is 10.6 Å². The van der Waals surface area contributed by atoms with Crippen LogP contribution in [-0.2, 0) is 11.3 Å². The lowest BCUT2D eigenvalue weighted by Crippen LogP contribution is -2.57. The van der Waals surface area contributed by atoms with E-state index in [1.54, 1.807) is 19.2 Å². The van der Waals surface area contributed by atoms with Crippen LogP contribution in [0.2, 0.25) is 5.02 Å². The van der Waals surface area contributed by atoms with Crippen molar-refractivity contribution in [2.45, 2.75) is 45.8 Å². The molecule has 2 unspecified atom stereocenters. The molecule has 1 aromatic carbocycles. The second kappa shape index (κ2) is 7.38. The first-order chi connectivity index (χ1) is 11.1. The van der Waals surface area contributed by atoms with Crippen molar-refractivity contribution in [2.24, 2.45) is 11.1 Å². The number of nitrogens with zero attached hydrogens (tertiary/aromatic N) is 2.